The lowest BCUT2D eigenvalue weighted by atomic mass is 9.93. The smallest absolute Gasteiger partial charge is 0.224 e. The van der Waals surface area contributed by atoms with Crippen molar-refractivity contribution < 1.29 is 5.11 Å². The van der Waals surface area contributed by atoms with Crippen LogP contribution in [0.15, 0.2) is 6.20 Å². The zero-order chi connectivity index (χ0) is 13.0. The summed E-state index contributed by atoms with van der Waals surface area (Å²) in [5, 5.41) is 13.2. The van der Waals surface area contributed by atoms with Gasteiger partial charge >= 0.3 is 0 Å². The number of halogens is 1. The second-order valence-electron chi connectivity index (χ2n) is 4.91. The summed E-state index contributed by atoms with van der Waals surface area (Å²) in [5.41, 5.74) is 1.12. The van der Waals surface area contributed by atoms with Gasteiger partial charge in [-0.2, -0.15) is 0 Å². The van der Waals surface area contributed by atoms with Crippen LogP contribution in [-0.4, -0.2) is 27.2 Å². The monoisotopic (exact) mass is 269 g/mol. The lowest BCUT2D eigenvalue weighted by Crippen LogP contribution is -2.29. The Morgan fingerprint density at radius 2 is 2.11 bits per heavy atom. The highest BCUT2D eigenvalue weighted by molar-refractivity contribution is 6.28. The molecule has 0 spiro atoms. The Morgan fingerprint density at radius 3 is 2.78 bits per heavy atom. The number of aliphatic hydroxyl groups excluding tert-OH is 1. The largest absolute Gasteiger partial charge is 0.393 e. The van der Waals surface area contributed by atoms with Crippen molar-refractivity contribution in [2.75, 3.05) is 5.32 Å². The molecule has 0 aromatic carbocycles. The summed E-state index contributed by atoms with van der Waals surface area (Å²) >= 11 is 5.86. The van der Waals surface area contributed by atoms with Gasteiger partial charge in [0.25, 0.3) is 0 Å². The summed E-state index contributed by atoms with van der Waals surface area (Å²) in [7, 11) is 0. The van der Waals surface area contributed by atoms with Gasteiger partial charge in [-0.05, 0) is 43.7 Å². The highest BCUT2D eigenvalue weighted by Crippen LogP contribution is 2.24. The van der Waals surface area contributed by atoms with E-state index < -0.39 is 0 Å². The van der Waals surface area contributed by atoms with Gasteiger partial charge in [0, 0.05) is 17.8 Å². The van der Waals surface area contributed by atoms with Crippen molar-refractivity contribution in [3.8, 4) is 0 Å². The Morgan fingerprint density at radius 1 is 1.39 bits per heavy atom. The molecule has 1 aromatic heterocycles. The van der Waals surface area contributed by atoms with Crippen LogP contribution in [0.3, 0.4) is 0 Å². The zero-order valence-electron chi connectivity index (χ0n) is 10.7. The van der Waals surface area contributed by atoms with Gasteiger partial charge in [0.15, 0.2) is 0 Å². The molecule has 4 nitrogen and oxygen atoms in total. The number of hydrogen-bond acceptors (Lipinski definition) is 4. The van der Waals surface area contributed by atoms with Gasteiger partial charge in [-0.25, -0.2) is 9.97 Å². The van der Waals surface area contributed by atoms with Crippen LogP contribution in [0.2, 0.25) is 5.28 Å². The lowest BCUT2D eigenvalue weighted by molar-refractivity contribution is 0.126. The number of hydrogen-bond donors (Lipinski definition) is 2. The van der Waals surface area contributed by atoms with Crippen molar-refractivity contribution in [3.63, 3.8) is 0 Å². The van der Waals surface area contributed by atoms with Crippen molar-refractivity contribution in [3.05, 3.63) is 17.0 Å². The Balaban J connectivity index is 2.05. The fourth-order valence-electron chi connectivity index (χ4n) is 2.38. The second-order valence-corrected chi connectivity index (χ2v) is 5.25. The summed E-state index contributed by atoms with van der Waals surface area (Å²) in [6.07, 6.45) is 7.37. The number of nitrogens with one attached hydrogen (secondary N) is 1. The third-order valence-electron chi connectivity index (χ3n) is 3.39. The molecular weight excluding hydrogens is 250 g/mol. The maximum atomic E-state index is 9.50. The molecule has 5 heteroatoms. The Labute approximate surface area is 113 Å². The molecule has 0 saturated heterocycles. The molecule has 2 N–H and O–H groups in total. The number of nitrogens with zero attached hydrogens (tertiary/aromatic N) is 2. The first-order chi connectivity index (χ1) is 8.69. The molecule has 0 atom stereocenters. The van der Waals surface area contributed by atoms with E-state index in [0.29, 0.717) is 6.04 Å². The normalized spacial score (nSPS) is 23.9. The van der Waals surface area contributed by atoms with Gasteiger partial charge in [-0.15, -0.1) is 0 Å². The van der Waals surface area contributed by atoms with Crippen LogP contribution in [-0.2, 0) is 6.42 Å². The molecule has 0 unspecified atom stereocenters. The molecule has 18 heavy (non-hydrogen) atoms. The first kappa shape index (κ1) is 13.6. The van der Waals surface area contributed by atoms with E-state index in [1.165, 1.54) is 0 Å². The van der Waals surface area contributed by atoms with Gasteiger partial charge in [-0.3, -0.25) is 0 Å². The Bertz CT molecular complexity index is 392. The Hall–Kier alpha value is -0.870. The third-order valence-corrected chi connectivity index (χ3v) is 3.57. The fourth-order valence-corrected chi connectivity index (χ4v) is 2.51. The van der Waals surface area contributed by atoms with Crippen LogP contribution in [0.4, 0.5) is 5.82 Å². The van der Waals surface area contributed by atoms with Gasteiger partial charge in [0.05, 0.1) is 6.10 Å². The van der Waals surface area contributed by atoms with Crippen LogP contribution < -0.4 is 5.32 Å². The molecule has 0 bridgehead atoms. The van der Waals surface area contributed by atoms with Crippen molar-refractivity contribution in [2.24, 2.45) is 0 Å². The zero-order valence-corrected chi connectivity index (χ0v) is 11.5. The highest BCUT2D eigenvalue weighted by atomic mass is 35.5. The van der Waals surface area contributed by atoms with Gasteiger partial charge in [0.2, 0.25) is 5.28 Å². The van der Waals surface area contributed by atoms with Crippen LogP contribution in [0.5, 0.6) is 0 Å². The molecular formula is C13H20ClN3O. The van der Waals surface area contributed by atoms with Crippen molar-refractivity contribution in [2.45, 2.75) is 57.6 Å². The number of aliphatic hydroxyl groups is 1. The van der Waals surface area contributed by atoms with Crippen LogP contribution in [0.1, 0.15) is 44.6 Å². The van der Waals surface area contributed by atoms with E-state index in [0.717, 1.165) is 49.9 Å². The molecule has 2 rings (SSSR count). The lowest BCUT2D eigenvalue weighted by Gasteiger charge is -2.27. The maximum absolute atomic E-state index is 9.50. The Kier molecular flexibility index (Phi) is 4.78. The molecule has 100 valence electrons. The summed E-state index contributed by atoms with van der Waals surface area (Å²) in [6, 6.07) is 0.384. The molecule has 1 aromatic rings. The predicted molar refractivity (Wildman–Crippen MR) is 72.9 cm³/mol. The molecule has 1 heterocycles. The van der Waals surface area contributed by atoms with Gasteiger partial charge < -0.3 is 10.4 Å². The van der Waals surface area contributed by atoms with E-state index in [2.05, 4.69) is 22.2 Å². The minimum Gasteiger partial charge on any atom is -0.393 e. The molecule has 1 saturated carbocycles. The van der Waals surface area contributed by atoms with Crippen molar-refractivity contribution in [1.82, 2.24) is 9.97 Å². The first-order valence-corrected chi connectivity index (χ1v) is 7.03. The first-order valence-electron chi connectivity index (χ1n) is 6.65. The number of aryl methyl sites for hydroxylation is 1. The second kappa shape index (κ2) is 6.34. The average Bonchev–Trinajstić information content (AvgIpc) is 2.36. The number of rotatable bonds is 4. The van der Waals surface area contributed by atoms with E-state index in [9.17, 15) is 5.11 Å². The standard InChI is InChI=1S/C13H20ClN3O/c1-2-3-9-8-15-13(14)17-12(9)16-10-4-6-11(18)7-5-10/h8,10-11,18H,2-7H2,1H3,(H,15,16,17). The minimum absolute atomic E-state index is 0.132. The SMILES string of the molecule is CCCc1cnc(Cl)nc1NC1CCC(O)CC1. The maximum Gasteiger partial charge on any atom is 0.224 e. The number of aromatic nitrogens is 2. The van der Waals surface area contributed by atoms with E-state index >= 15 is 0 Å². The van der Waals surface area contributed by atoms with Crippen molar-refractivity contribution >= 4 is 17.4 Å². The number of anilines is 1. The minimum atomic E-state index is -0.132. The van der Waals surface area contributed by atoms with Crippen LogP contribution in [0.25, 0.3) is 0 Å². The molecule has 0 amide bonds. The topological polar surface area (TPSA) is 58.0 Å². The van der Waals surface area contributed by atoms with Crippen LogP contribution >= 0.6 is 11.6 Å². The van der Waals surface area contributed by atoms with Gasteiger partial charge in [-0.1, -0.05) is 13.3 Å². The molecule has 1 fully saturated rings. The third kappa shape index (κ3) is 3.56. The summed E-state index contributed by atoms with van der Waals surface area (Å²) in [4.78, 5) is 8.32. The average molecular weight is 270 g/mol. The quantitative estimate of drug-likeness (QED) is 0.826. The molecule has 0 radical (unpaired) electrons. The molecule has 1 aliphatic rings. The van der Waals surface area contributed by atoms with Crippen molar-refractivity contribution in [1.29, 1.82) is 0 Å². The fraction of sp³-hybridized carbons (Fsp3) is 0.692. The van der Waals surface area contributed by atoms with E-state index in [4.69, 9.17) is 11.6 Å². The van der Waals surface area contributed by atoms with E-state index in [1.54, 1.807) is 6.20 Å². The van der Waals surface area contributed by atoms with E-state index in [-0.39, 0.29) is 11.4 Å². The molecule has 0 aliphatic heterocycles. The van der Waals surface area contributed by atoms with E-state index in [1.807, 2.05) is 0 Å². The van der Waals surface area contributed by atoms with Gasteiger partial charge in [0.1, 0.15) is 5.82 Å². The summed E-state index contributed by atoms with van der Waals surface area (Å²) in [6.45, 7) is 2.13. The van der Waals surface area contributed by atoms with Crippen LogP contribution in [0, 0.1) is 0 Å². The summed E-state index contributed by atoms with van der Waals surface area (Å²) < 4.78 is 0. The molecule has 1 aliphatic carbocycles. The highest BCUT2D eigenvalue weighted by Gasteiger charge is 2.20. The summed E-state index contributed by atoms with van der Waals surface area (Å²) in [5.74, 6) is 0.859. The predicted octanol–water partition coefficient (Wildman–Crippen LogP) is 2.80.